The molecule has 1 aliphatic heterocycles. The molecule has 0 radical (unpaired) electrons. The Hall–Kier alpha value is -1.38. The number of anilines is 1. The Morgan fingerprint density at radius 1 is 1.56 bits per heavy atom. The highest BCUT2D eigenvalue weighted by Crippen LogP contribution is 2.23. The molecule has 18 heavy (non-hydrogen) atoms. The summed E-state index contributed by atoms with van der Waals surface area (Å²) in [5.41, 5.74) is 0. The van der Waals surface area contributed by atoms with E-state index in [9.17, 15) is 18.0 Å². The van der Waals surface area contributed by atoms with E-state index in [2.05, 4.69) is 14.7 Å². The number of rotatable bonds is 3. The van der Waals surface area contributed by atoms with E-state index >= 15 is 0 Å². The van der Waals surface area contributed by atoms with Gasteiger partial charge in [-0.2, -0.15) is 17.5 Å². The van der Waals surface area contributed by atoms with Crippen LogP contribution in [0.4, 0.5) is 18.3 Å². The van der Waals surface area contributed by atoms with E-state index in [4.69, 9.17) is 0 Å². The molecule has 2 heterocycles. The quantitative estimate of drug-likeness (QED) is 0.909. The standard InChI is InChI=1S/C9H11F3N4OS/c1-5-13-8(18-15-5)14-6-2-3-16(7(6)17)4-9(10,11)12/h6H,2-4H2,1H3,(H,13,14,15). The Morgan fingerprint density at radius 3 is 2.83 bits per heavy atom. The number of alkyl halides is 3. The maximum atomic E-state index is 12.2. The third kappa shape index (κ3) is 3.09. The van der Waals surface area contributed by atoms with Gasteiger partial charge in [-0.3, -0.25) is 4.79 Å². The highest BCUT2D eigenvalue weighted by atomic mass is 32.1. The summed E-state index contributed by atoms with van der Waals surface area (Å²) in [6.07, 6.45) is -4.02. The fourth-order valence-corrected chi connectivity index (χ4v) is 2.38. The second kappa shape index (κ2) is 4.71. The molecule has 5 nitrogen and oxygen atoms in total. The molecule has 1 saturated heterocycles. The van der Waals surface area contributed by atoms with E-state index in [1.807, 2.05) is 0 Å². The molecule has 1 unspecified atom stereocenters. The molecule has 0 bridgehead atoms. The molecular weight excluding hydrogens is 269 g/mol. The maximum absolute atomic E-state index is 12.2. The van der Waals surface area contributed by atoms with E-state index in [0.29, 0.717) is 17.4 Å². The molecule has 2 rings (SSSR count). The lowest BCUT2D eigenvalue weighted by molar-refractivity contribution is -0.157. The van der Waals surface area contributed by atoms with Crippen LogP contribution in [-0.2, 0) is 4.79 Å². The molecule has 1 aliphatic rings. The smallest absolute Gasteiger partial charge is 0.348 e. The van der Waals surface area contributed by atoms with Crippen molar-refractivity contribution in [3.8, 4) is 0 Å². The molecule has 0 spiro atoms. The first kappa shape index (κ1) is 13.1. The molecule has 1 amide bonds. The average Bonchev–Trinajstić information content (AvgIpc) is 2.77. The third-order valence-corrected chi connectivity index (χ3v) is 3.23. The Kier molecular flexibility index (Phi) is 3.42. The van der Waals surface area contributed by atoms with Crippen LogP contribution in [0.1, 0.15) is 12.2 Å². The highest BCUT2D eigenvalue weighted by Gasteiger charge is 2.39. The average molecular weight is 280 g/mol. The first-order chi connectivity index (χ1) is 8.35. The number of amides is 1. The van der Waals surface area contributed by atoms with Crippen LogP contribution < -0.4 is 5.32 Å². The Bertz CT molecular complexity index is 447. The van der Waals surface area contributed by atoms with Crippen molar-refractivity contribution >= 4 is 22.6 Å². The zero-order valence-electron chi connectivity index (χ0n) is 9.49. The number of aryl methyl sites for hydroxylation is 1. The minimum atomic E-state index is -4.36. The Labute approximate surface area is 105 Å². The highest BCUT2D eigenvalue weighted by molar-refractivity contribution is 7.09. The topological polar surface area (TPSA) is 58.1 Å². The number of nitrogens with zero attached hydrogens (tertiary/aromatic N) is 3. The SMILES string of the molecule is Cc1nsc(NC2CCN(CC(F)(F)F)C2=O)n1. The predicted molar refractivity (Wildman–Crippen MR) is 59.3 cm³/mol. The van der Waals surface area contributed by atoms with E-state index in [1.54, 1.807) is 6.92 Å². The van der Waals surface area contributed by atoms with Crippen molar-refractivity contribution in [2.45, 2.75) is 25.6 Å². The zero-order valence-corrected chi connectivity index (χ0v) is 10.3. The summed E-state index contributed by atoms with van der Waals surface area (Å²) in [6, 6.07) is -0.639. The predicted octanol–water partition coefficient (Wildman–Crippen LogP) is 1.42. The van der Waals surface area contributed by atoms with Crippen LogP contribution in [0.25, 0.3) is 0 Å². The second-order valence-corrected chi connectivity index (χ2v) is 4.76. The number of carbonyl (C=O) groups is 1. The van der Waals surface area contributed by atoms with Gasteiger partial charge in [-0.25, -0.2) is 4.98 Å². The van der Waals surface area contributed by atoms with Gasteiger partial charge in [0.15, 0.2) is 0 Å². The summed E-state index contributed by atoms with van der Waals surface area (Å²) in [4.78, 5) is 16.5. The minimum absolute atomic E-state index is 0.105. The molecule has 1 atom stereocenters. The van der Waals surface area contributed by atoms with Gasteiger partial charge < -0.3 is 10.2 Å². The van der Waals surface area contributed by atoms with Crippen molar-refractivity contribution in [3.63, 3.8) is 0 Å². The van der Waals surface area contributed by atoms with Gasteiger partial charge in [0, 0.05) is 18.1 Å². The first-order valence-electron chi connectivity index (χ1n) is 5.27. The lowest BCUT2D eigenvalue weighted by atomic mass is 10.2. The molecular formula is C9H11F3N4OS. The van der Waals surface area contributed by atoms with Crippen LogP contribution >= 0.6 is 11.5 Å². The van der Waals surface area contributed by atoms with Crippen LogP contribution in [0, 0.1) is 6.92 Å². The fraction of sp³-hybridized carbons (Fsp3) is 0.667. The maximum Gasteiger partial charge on any atom is 0.406 e. The van der Waals surface area contributed by atoms with Gasteiger partial charge in [-0.15, -0.1) is 0 Å². The van der Waals surface area contributed by atoms with Gasteiger partial charge in [-0.05, 0) is 13.3 Å². The summed E-state index contributed by atoms with van der Waals surface area (Å²) in [7, 11) is 0. The second-order valence-electron chi connectivity index (χ2n) is 4.01. The van der Waals surface area contributed by atoms with Gasteiger partial charge in [0.2, 0.25) is 11.0 Å². The first-order valence-corrected chi connectivity index (χ1v) is 6.05. The van der Waals surface area contributed by atoms with Crippen LogP contribution in [0.15, 0.2) is 0 Å². The van der Waals surface area contributed by atoms with Crippen LogP contribution in [0.3, 0.4) is 0 Å². The fourth-order valence-electron chi connectivity index (χ4n) is 1.75. The van der Waals surface area contributed by atoms with E-state index in [1.165, 1.54) is 0 Å². The van der Waals surface area contributed by atoms with Crippen LogP contribution in [0.2, 0.25) is 0 Å². The Balaban J connectivity index is 1.95. The summed E-state index contributed by atoms with van der Waals surface area (Å²) in [5, 5.41) is 3.27. The molecule has 1 fully saturated rings. The van der Waals surface area contributed by atoms with Crippen molar-refractivity contribution < 1.29 is 18.0 Å². The van der Waals surface area contributed by atoms with E-state index in [0.717, 1.165) is 16.4 Å². The zero-order chi connectivity index (χ0) is 13.3. The number of nitrogens with one attached hydrogen (secondary N) is 1. The van der Waals surface area contributed by atoms with E-state index < -0.39 is 24.7 Å². The van der Waals surface area contributed by atoms with E-state index in [-0.39, 0.29) is 6.54 Å². The lowest BCUT2D eigenvalue weighted by Gasteiger charge is -2.18. The number of hydrogen-bond acceptors (Lipinski definition) is 5. The number of hydrogen-bond donors (Lipinski definition) is 1. The molecule has 0 aliphatic carbocycles. The van der Waals surface area contributed by atoms with Gasteiger partial charge in [0.1, 0.15) is 18.4 Å². The van der Waals surface area contributed by atoms with Crippen molar-refractivity contribution in [1.29, 1.82) is 0 Å². The molecule has 0 saturated carbocycles. The largest absolute Gasteiger partial charge is 0.406 e. The van der Waals surface area contributed by atoms with Crippen LogP contribution in [-0.4, -0.2) is 45.5 Å². The monoisotopic (exact) mass is 280 g/mol. The molecule has 100 valence electrons. The van der Waals surface area contributed by atoms with Crippen molar-refractivity contribution in [2.24, 2.45) is 0 Å². The summed E-state index contributed by atoms with van der Waals surface area (Å²) >= 11 is 1.09. The van der Waals surface area contributed by atoms with Crippen molar-refractivity contribution in [2.75, 3.05) is 18.4 Å². The summed E-state index contributed by atoms with van der Waals surface area (Å²) < 4.78 is 40.5. The van der Waals surface area contributed by atoms with Crippen LogP contribution in [0.5, 0.6) is 0 Å². The number of halogens is 3. The van der Waals surface area contributed by atoms with Crippen molar-refractivity contribution in [3.05, 3.63) is 5.82 Å². The molecule has 1 aromatic heterocycles. The minimum Gasteiger partial charge on any atom is -0.348 e. The number of carbonyl (C=O) groups excluding carboxylic acids is 1. The summed E-state index contributed by atoms with van der Waals surface area (Å²) in [5.74, 6) is 0.0280. The number of likely N-dealkylation sites (tertiary alicyclic amines) is 1. The molecule has 9 heteroatoms. The molecule has 0 aromatic carbocycles. The number of aromatic nitrogens is 2. The normalized spacial score (nSPS) is 20.6. The molecule has 1 N–H and O–H groups in total. The lowest BCUT2D eigenvalue weighted by Crippen LogP contribution is -2.39. The van der Waals surface area contributed by atoms with Gasteiger partial charge in [-0.1, -0.05) is 0 Å². The Morgan fingerprint density at radius 2 is 2.28 bits per heavy atom. The molecule has 1 aromatic rings. The summed E-state index contributed by atoms with van der Waals surface area (Å²) in [6.45, 7) is 0.612. The van der Waals surface area contributed by atoms with Gasteiger partial charge in [0.25, 0.3) is 0 Å². The van der Waals surface area contributed by atoms with Gasteiger partial charge >= 0.3 is 6.18 Å². The third-order valence-electron chi connectivity index (χ3n) is 2.49. The van der Waals surface area contributed by atoms with Gasteiger partial charge in [0.05, 0.1) is 0 Å². The van der Waals surface area contributed by atoms with Crippen molar-refractivity contribution in [1.82, 2.24) is 14.3 Å².